The summed E-state index contributed by atoms with van der Waals surface area (Å²) in [5.74, 6) is 0.939. The van der Waals surface area contributed by atoms with Crippen LogP contribution in [-0.4, -0.2) is 43.7 Å². The number of hydrogen-bond acceptors (Lipinski definition) is 3. The van der Waals surface area contributed by atoms with Crippen LogP contribution in [0.2, 0.25) is 0 Å². The molecule has 3 nitrogen and oxygen atoms in total. The second-order valence-corrected chi connectivity index (χ2v) is 7.03. The van der Waals surface area contributed by atoms with E-state index in [1.165, 1.54) is 48.9 Å². The Morgan fingerprint density at radius 2 is 2.14 bits per heavy atom. The van der Waals surface area contributed by atoms with Crippen LogP contribution in [-0.2, 0) is 0 Å². The van der Waals surface area contributed by atoms with Crippen LogP contribution < -0.4 is 9.64 Å². The van der Waals surface area contributed by atoms with Crippen LogP contribution in [0.3, 0.4) is 0 Å². The molecule has 1 aromatic rings. The van der Waals surface area contributed by atoms with Crippen LogP contribution in [0.1, 0.15) is 32.6 Å². The molecule has 0 aliphatic carbocycles. The first-order valence-corrected chi connectivity index (χ1v) is 8.86. The van der Waals surface area contributed by atoms with Crippen molar-refractivity contribution in [2.24, 2.45) is 0 Å². The van der Waals surface area contributed by atoms with Crippen LogP contribution in [0.25, 0.3) is 0 Å². The highest BCUT2D eigenvalue weighted by Gasteiger charge is 2.34. The third kappa shape index (κ3) is 3.07. The topological polar surface area (TPSA) is 15.7 Å². The molecule has 21 heavy (non-hydrogen) atoms. The number of nitrogens with zero attached hydrogens (tertiary/aromatic N) is 2. The van der Waals surface area contributed by atoms with E-state index in [1.807, 2.05) is 6.07 Å². The minimum absolute atomic E-state index is 0.600. The minimum Gasteiger partial charge on any atom is -0.497 e. The summed E-state index contributed by atoms with van der Waals surface area (Å²) in [4.78, 5) is 5.31. The van der Waals surface area contributed by atoms with Gasteiger partial charge in [-0.3, -0.25) is 4.90 Å². The number of fused-ring (bicyclic) bond motifs is 1. The molecule has 2 fully saturated rings. The van der Waals surface area contributed by atoms with Gasteiger partial charge in [-0.15, -0.1) is 0 Å². The molecule has 4 heteroatoms. The Labute approximate surface area is 136 Å². The van der Waals surface area contributed by atoms with E-state index in [2.05, 4.69) is 44.8 Å². The van der Waals surface area contributed by atoms with E-state index >= 15 is 0 Å². The van der Waals surface area contributed by atoms with Gasteiger partial charge in [-0.2, -0.15) is 0 Å². The molecule has 0 bridgehead atoms. The van der Waals surface area contributed by atoms with Crippen molar-refractivity contribution in [2.75, 3.05) is 31.6 Å². The Bertz CT molecular complexity index is 494. The molecule has 0 aromatic heterocycles. The largest absolute Gasteiger partial charge is 0.497 e. The van der Waals surface area contributed by atoms with E-state index in [1.54, 1.807) is 7.11 Å². The smallest absolute Gasteiger partial charge is 0.121 e. The lowest BCUT2D eigenvalue weighted by atomic mass is 9.95. The van der Waals surface area contributed by atoms with Crippen LogP contribution in [0.5, 0.6) is 5.75 Å². The summed E-state index contributed by atoms with van der Waals surface area (Å²) in [5.41, 5.74) is 1.28. The number of anilines is 1. The van der Waals surface area contributed by atoms with E-state index in [4.69, 9.17) is 4.74 Å². The van der Waals surface area contributed by atoms with Gasteiger partial charge in [0.2, 0.25) is 0 Å². The molecule has 0 saturated carbocycles. The molecule has 2 aliphatic rings. The van der Waals surface area contributed by atoms with Gasteiger partial charge < -0.3 is 9.64 Å². The molecule has 0 amide bonds. The van der Waals surface area contributed by atoms with Crippen molar-refractivity contribution < 1.29 is 4.74 Å². The van der Waals surface area contributed by atoms with E-state index in [9.17, 15) is 0 Å². The van der Waals surface area contributed by atoms with Gasteiger partial charge in [-0.25, -0.2) is 0 Å². The first-order chi connectivity index (χ1) is 10.2. The summed E-state index contributed by atoms with van der Waals surface area (Å²) in [6.07, 6.45) is 5.28. The Morgan fingerprint density at radius 1 is 1.29 bits per heavy atom. The fourth-order valence-corrected chi connectivity index (χ4v) is 4.21. The van der Waals surface area contributed by atoms with E-state index in [-0.39, 0.29) is 0 Å². The zero-order chi connectivity index (χ0) is 14.8. The summed E-state index contributed by atoms with van der Waals surface area (Å²) in [6.45, 7) is 5.93. The quantitative estimate of drug-likeness (QED) is 0.819. The monoisotopic (exact) mass is 352 g/mol. The average molecular weight is 353 g/mol. The molecule has 3 rings (SSSR count). The molecule has 2 heterocycles. The van der Waals surface area contributed by atoms with Crippen molar-refractivity contribution in [3.8, 4) is 5.75 Å². The molecular weight excluding hydrogens is 328 g/mol. The Balaban J connectivity index is 1.88. The van der Waals surface area contributed by atoms with Gasteiger partial charge in [0.1, 0.15) is 5.75 Å². The van der Waals surface area contributed by atoms with Crippen molar-refractivity contribution in [2.45, 2.75) is 44.7 Å². The number of methoxy groups -OCH3 is 1. The van der Waals surface area contributed by atoms with Gasteiger partial charge in [-0.1, -0.05) is 13.3 Å². The summed E-state index contributed by atoms with van der Waals surface area (Å²) in [7, 11) is 1.74. The Morgan fingerprint density at radius 3 is 2.90 bits per heavy atom. The molecule has 0 N–H and O–H groups in total. The van der Waals surface area contributed by atoms with Gasteiger partial charge in [0.15, 0.2) is 0 Å². The molecule has 116 valence electrons. The first kappa shape index (κ1) is 15.2. The zero-order valence-electron chi connectivity index (χ0n) is 13.0. The number of halogens is 1. The highest BCUT2D eigenvalue weighted by Crippen LogP contribution is 2.35. The summed E-state index contributed by atoms with van der Waals surface area (Å²) < 4.78 is 6.59. The van der Waals surface area contributed by atoms with Gasteiger partial charge in [0, 0.05) is 35.7 Å². The molecule has 0 spiro atoms. The molecule has 0 radical (unpaired) electrons. The van der Waals surface area contributed by atoms with E-state index in [0.29, 0.717) is 6.04 Å². The van der Waals surface area contributed by atoms with Crippen molar-refractivity contribution in [3.63, 3.8) is 0 Å². The Kier molecular flexibility index (Phi) is 4.75. The number of benzene rings is 1. The van der Waals surface area contributed by atoms with E-state index < -0.39 is 0 Å². The van der Waals surface area contributed by atoms with Crippen LogP contribution >= 0.6 is 15.9 Å². The summed E-state index contributed by atoms with van der Waals surface area (Å²) in [5, 5.41) is 0. The van der Waals surface area contributed by atoms with Gasteiger partial charge >= 0.3 is 0 Å². The van der Waals surface area contributed by atoms with Gasteiger partial charge in [-0.05, 0) is 53.9 Å². The van der Waals surface area contributed by atoms with Gasteiger partial charge in [0.05, 0.1) is 12.8 Å². The van der Waals surface area contributed by atoms with Crippen molar-refractivity contribution >= 4 is 21.6 Å². The van der Waals surface area contributed by atoms with E-state index in [0.717, 1.165) is 18.3 Å². The molecule has 2 aliphatic heterocycles. The molecular formula is C17H25BrN2O. The van der Waals surface area contributed by atoms with Crippen LogP contribution in [0.15, 0.2) is 22.7 Å². The molecule has 1 aromatic carbocycles. The van der Waals surface area contributed by atoms with Crippen molar-refractivity contribution in [1.82, 2.24) is 4.90 Å². The van der Waals surface area contributed by atoms with Crippen LogP contribution in [0.4, 0.5) is 5.69 Å². The number of piperidine rings is 1. The third-order valence-electron chi connectivity index (χ3n) is 4.98. The zero-order valence-corrected chi connectivity index (χ0v) is 14.6. The lowest BCUT2D eigenvalue weighted by Gasteiger charge is -2.49. The maximum Gasteiger partial charge on any atom is 0.121 e. The van der Waals surface area contributed by atoms with Crippen molar-refractivity contribution in [1.29, 1.82) is 0 Å². The van der Waals surface area contributed by atoms with Crippen molar-refractivity contribution in [3.05, 3.63) is 22.7 Å². The summed E-state index contributed by atoms with van der Waals surface area (Å²) >= 11 is 3.73. The third-order valence-corrected chi connectivity index (χ3v) is 5.65. The SMILES string of the molecule is CCC1CN2CCCCC2CN1c1cc(OC)ccc1Br. The predicted octanol–water partition coefficient (Wildman–Crippen LogP) is 3.91. The lowest BCUT2D eigenvalue weighted by molar-refractivity contribution is 0.111. The number of rotatable bonds is 3. The number of hydrogen-bond donors (Lipinski definition) is 0. The standard InChI is InChI=1S/C17H25BrN2O/c1-3-13-11-19-9-5-4-6-14(19)12-20(13)17-10-15(21-2)7-8-16(17)18/h7-8,10,13-14H,3-6,9,11-12H2,1-2H3. The van der Waals surface area contributed by atoms with Crippen LogP contribution in [0, 0.1) is 0 Å². The second-order valence-electron chi connectivity index (χ2n) is 6.18. The van der Waals surface area contributed by atoms with Gasteiger partial charge in [0.25, 0.3) is 0 Å². The molecule has 2 unspecified atom stereocenters. The maximum absolute atomic E-state index is 5.42. The number of piperazine rings is 1. The summed E-state index contributed by atoms with van der Waals surface area (Å²) in [6, 6.07) is 7.62. The fourth-order valence-electron chi connectivity index (χ4n) is 3.74. The second kappa shape index (κ2) is 6.57. The Hall–Kier alpha value is -0.740. The molecule has 2 atom stereocenters. The maximum atomic E-state index is 5.42. The minimum atomic E-state index is 0.600. The normalized spacial score (nSPS) is 26.5. The predicted molar refractivity (Wildman–Crippen MR) is 91.3 cm³/mol. The highest BCUT2D eigenvalue weighted by atomic mass is 79.9. The lowest BCUT2D eigenvalue weighted by Crippen LogP contribution is -2.59. The first-order valence-electron chi connectivity index (χ1n) is 8.07. The average Bonchev–Trinajstić information content (AvgIpc) is 2.54. The number of ether oxygens (including phenoxy) is 1. The highest BCUT2D eigenvalue weighted by molar-refractivity contribution is 9.10. The molecule has 2 saturated heterocycles. The fraction of sp³-hybridized carbons (Fsp3) is 0.647.